The SMILES string of the molecule is Oc1ccc(-n2cccc2/C=N\Nc2ccc(C(F)(F)F)cn2)cc1. The lowest BCUT2D eigenvalue weighted by Gasteiger charge is -2.07. The lowest BCUT2D eigenvalue weighted by Crippen LogP contribution is -2.06. The Morgan fingerprint density at radius 2 is 1.84 bits per heavy atom. The number of hydrogen-bond donors (Lipinski definition) is 2. The van der Waals surface area contributed by atoms with E-state index in [9.17, 15) is 18.3 Å². The van der Waals surface area contributed by atoms with Crippen LogP contribution in [0, 0.1) is 0 Å². The molecule has 0 fully saturated rings. The second-order valence-electron chi connectivity index (χ2n) is 5.12. The standard InChI is InChI=1S/C17H13F3N4O/c18-17(19,20)12-3-8-16(21-10-12)23-22-11-14-2-1-9-24(14)13-4-6-15(25)7-5-13/h1-11,25H,(H,21,23)/b22-11-. The van der Waals surface area contributed by atoms with E-state index in [2.05, 4.69) is 15.5 Å². The molecule has 0 atom stereocenters. The van der Waals surface area contributed by atoms with Crippen LogP contribution in [0.5, 0.6) is 5.75 Å². The fourth-order valence-electron chi connectivity index (χ4n) is 2.14. The third-order valence-electron chi connectivity index (χ3n) is 3.37. The molecule has 0 aliphatic carbocycles. The van der Waals surface area contributed by atoms with Crippen molar-refractivity contribution >= 4 is 12.0 Å². The van der Waals surface area contributed by atoms with Gasteiger partial charge in [-0.25, -0.2) is 4.98 Å². The average Bonchev–Trinajstić information content (AvgIpc) is 3.04. The number of aromatic hydroxyl groups is 1. The van der Waals surface area contributed by atoms with Gasteiger partial charge in [-0.15, -0.1) is 0 Å². The van der Waals surface area contributed by atoms with Crippen molar-refractivity contribution in [3.63, 3.8) is 0 Å². The van der Waals surface area contributed by atoms with E-state index < -0.39 is 11.7 Å². The largest absolute Gasteiger partial charge is 0.508 e. The average molecular weight is 346 g/mol. The molecule has 0 radical (unpaired) electrons. The minimum atomic E-state index is -4.42. The van der Waals surface area contributed by atoms with Crippen molar-refractivity contribution in [2.75, 3.05) is 5.43 Å². The number of hydrazone groups is 1. The minimum Gasteiger partial charge on any atom is -0.508 e. The topological polar surface area (TPSA) is 62.4 Å². The maximum atomic E-state index is 12.5. The van der Waals surface area contributed by atoms with Crippen LogP contribution in [0.2, 0.25) is 0 Å². The molecule has 3 aromatic rings. The molecule has 2 N–H and O–H groups in total. The van der Waals surface area contributed by atoms with E-state index in [1.165, 1.54) is 12.3 Å². The first kappa shape index (κ1) is 16.6. The Hall–Kier alpha value is -3.29. The Labute approximate surface area is 141 Å². The molecule has 1 aromatic carbocycles. The predicted molar refractivity (Wildman–Crippen MR) is 87.9 cm³/mol. The van der Waals surface area contributed by atoms with Crippen LogP contribution in [0.25, 0.3) is 5.69 Å². The van der Waals surface area contributed by atoms with Gasteiger partial charge in [-0.3, -0.25) is 5.43 Å². The highest BCUT2D eigenvalue weighted by molar-refractivity contribution is 5.79. The second-order valence-corrected chi connectivity index (χ2v) is 5.12. The number of pyridine rings is 1. The number of phenols is 1. The summed E-state index contributed by atoms with van der Waals surface area (Å²) in [4.78, 5) is 3.67. The van der Waals surface area contributed by atoms with Gasteiger partial charge in [0.2, 0.25) is 0 Å². The zero-order valence-corrected chi connectivity index (χ0v) is 12.8. The van der Waals surface area contributed by atoms with Gasteiger partial charge < -0.3 is 9.67 Å². The molecular weight excluding hydrogens is 333 g/mol. The number of hydrogen-bond acceptors (Lipinski definition) is 4. The molecule has 0 saturated heterocycles. The van der Waals surface area contributed by atoms with Crippen LogP contribution in [-0.4, -0.2) is 20.9 Å². The van der Waals surface area contributed by atoms with Crippen LogP contribution in [-0.2, 0) is 6.18 Å². The van der Waals surface area contributed by atoms with E-state index in [-0.39, 0.29) is 11.6 Å². The molecule has 0 spiro atoms. The van der Waals surface area contributed by atoms with Crippen LogP contribution in [0.15, 0.2) is 66.0 Å². The fourth-order valence-corrected chi connectivity index (χ4v) is 2.14. The summed E-state index contributed by atoms with van der Waals surface area (Å²) in [5.74, 6) is 0.369. The molecule has 0 bridgehead atoms. The van der Waals surface area contributed by atoms with Crippen molar-refractivity contribution in [3.8, 4) is 11.4 Å². The van der Waals surface area contributed by atoms with Crippen molar-refractivity contribution in [3.05, 3.63) is 72.2 Å². The maximum Gasteiger partial charge on any atom is 0.417 e. The van der Waals surface area contributed by atoms with Gasteiger partial charge in [-0.2, -0.15) is 18.3 Å². The van der Waals surface area contributed by atoms with Crippen molar-refractivity contribution < 1.29 is 18.3 Å². The summed E-state index contributed by atoms with van der Waals surface area (Å²) >= 11 is 0. The summed E-state index contributed by atoms with van der Waals surface area (Å²) in [6.45, 7) is 0. The molecule has 2 heterocycles. The first-order chi connectivity index (χ1) is 11.9. The summed E-state index contributed by atoms with van der Waals surface area (Å²) in [6, 6.07) is 12.4. The molecule has 25 heavy (non-hydrogen) atoms. The molecule has 0 aliphatic rings. The van der Waals surface area contributed by atoms with Gasteiger partial charge in [0.1, 0.15) is 11.6 Å². The van der Waals surface area contributed by atoms with Crippen LogP contribution in [0.3, 0.4) is 0 Å². The number of benzene rings is 1. The van der Waals surface area contributed by atoms with Gasteiger partial charge in [0.15, 0.2) is 0 Å². The molecular formula is C17H13F3N4O. The highest BCUT2D eigenvalue weighted by Gasteiger charge is 2.30. The van der Waals surface area contributed by atoms with Crippen LogP contribution < -0.4 is 5.43 Å². The maximum absolute atomic E-state index is 12.5. The molecule has 0 amide bonds. The van der Waals surface area contributed by atoms with Crippen LogP contribution in [0.1, 0.15) is 11.3 Å². The Balaban J connectivity index is 1.71. The molecule has 0 saturated carbocycles. The van der Waals surface area contributed by atoms with Crippen molar-refractivity contribution in [1.82, 2.24) is 9.55 Å². The predicted octanol–water partition coefficient (Wildman–Crippen LogP) is 4.04. The van der Waals surface area contributed by atoms with Crippen molar-refractivity contribution in [1.29, 1.82) is 0 Å². The Bertz CT molecular complexity index is 868. The summed E-state index contributed by atoms with van der Waals surface area (Å²) in [6.07, 6.45) is -0.326. The second kappa shape index (κ2) is 6.68. The van der Waals surface area contributed by atoms with E-state index in [1.54, 1.807) is 24.3 Å². The summed E-state index contributed by atoms with van der Waals surface area (Å²) in [5.41, 5.74) is 3.34. The highest BCUT2D eigenvalue weighted by Crippen LogP contribution is 2.28. The molecule has 128 valence electrons. The lowest BCUT2D eigenvalue weighted by molar-refractivity contribution is -0.137. The van der Waals surface area contributed by atoms with Gasteiger partial charge in [0.05, 0.1) is 17.5 Å². The van der Waals surface area contributed by atoms with E-state index >= 15 is 0 Å². The fraction of sp³-hybridized carbons (Fsp3) is 0.0588. The van der Waals surface area contributed by atoms with Gasteiger partial charge in [-0.05, 0) is 48.5 Å². The Kier molecular flexibility index (Phi) is 4.42. The monoisotopic (exact) mass is 346 g/mol. The normalized spacial score (nSPS) is 11.8. The van der Waals surface area contributed by atoms with Gasteiger partial charge in [0, 0.05) is 18.1 Å². The summed E-state index contributed by atoms with van der Waals surface area (Å²) in [7, 11) is 0. The number of aromatic nitrogens is 2. The van der Waals surface area contributed by atoms with Gasteiger partial charge in [-0.1, -0.05) is 0 Å². The Morgan fingerprint density at radius 3 is 2.48 bits per heavy atom. The number of anilines is 1. The first-order valence-electron chi connectivity index (χ1n) is 7.22. The lowest BCUT2D eigenvalue weighted by atomic mass is 10.3. The van der Waals surface area contributed by atoms with E-state index in [0.29, 0.717) is 0 Å². The smallest absolute Gasteiger partial charge is 0.417 e. The number of alkyl halides is 3. The third-order valence-corrected chi connectivity index (χ3v) is 3.37. The number of nitrogens with one attached hydrogen (secondary N) is 1. The van der Waals surface area contributed by atoms with E-state index in [1.807, 2.05) is 22.9 Å². The molecule has 3 rings (SSSR count). The number of phenolic OH excluding ortho intramolecular Hbond substituents is 1. The molecule has 0 aliphatic heterocycles. The van der Waals surface area contributed by atoms with Gasteiger partial charge in [0.25, 0.3) is 0 Å². The van der Waals surface area contributed by atoms with Crippen molar-refractivity contribution in [2.45, 2.75) is 6.18 Å². The van der Waals surface area contributed by atoms with Crippen LogP contribution in [0.4, 0.5) is 19.0 Å². The number of rotatable bonds is 4. The zero-order valence-electron chi connectivity index (χ0n) is 12.8. The molecule has 0 unspecified atom stereocenters. The highest BCUT2D eigenvalue weighted by atomic mass is 19.4. The van der Waals surface area contributed by atoms with E-state index in [4.69, 9.17) is 0 Å². The molecule has 5 nitrogen and oxygen atoms in total. The molecule has 2 aromatic heterocycles. The van der Waals surface area contributed by atoms with Gasteiger partial charge >= 0.3 is 6.18 Å². The van der Waals surface area contributed by atoms with E-state index in [0.717, 1.165) is 23.6 Å². The summed E-state index contributed by atoms with van der Waals surface area (Å²) in [5, 5.41) is 13.3. The third kappa shape index (κ3) is 3.97. The van der Waals surface area contributed by atoms with Crippen LogP contribution >= 0.6 is 0 Å². The quantitative estimate of drug-likeness (QED) is 0.553. The molecule has 8 heteroatoms. The first-order valence-corrected chi connectivity index (χ1v) is 7.22. The van der Waals surface area contributed by atoms with Crippen molar-refractivity contribution in [2.24, 2.45) is 5.10 Å². The summed E-state index contributed by atoms with van der Waals surface area (Å²) < 4.78 is 39.3. The minimum absolute atomic E-state index is 0.168. The number of nitrogens with zero attached hydrogens (tertiary/aromatic N) is 3. The number of halogens is 3. The zero-order chi connectivity index (χ0) is 17.9. The Morgan fingerprint density at radius 1 is 1.08 bits per heavy atom.